The summed E-state index contributed by atoms with van der Waals surface area (Å²) >= 11 is 4.51. The number of thioether (sulfide) groups is 2. The third-order valence-corrected chi connectivity index (χ3v) is 7.97. The molecule has 2 rings (SSSR count). The lowest BCUT2D eigenvalue weighted by atomic mass is 10.1. The Kier molecular flexibility index (Phi) is 8.23. The Bertz CT molecular complexity index is 394. The lowest BCUT2D eigenvalue weighted by Gasteiger charge is -2.40. The highest BCUT2D eigenvalue weighted by Crippen LogP contribution is 2.51. The Hall–Kier alpha value is -0.0900. The number of nitrogens with zero attached hydrogens (tertiary/aromatic N) is 2. The minimum absolute atomic E-state index is 0.380. The van der Waals surface area contributed by atoms with Crippen molar-refractivity contribution in [2.24, 2.45) is 0 Å². The molecule has 1 aliphatic rings. The Morgan fingerprint density at radius 2 is 2.05 bits per heavy atom. The van der Waals surface area contributed by atoms with Gasteiger partial charge >= 0.3 is 0 Å². The van der Waals surface area contributed by atoms with Crippen molar-refractivity contribution in [1.82, 2.24) is 9.55 Å². The number of rotatable bonds is 10. The SMILES string of the molecule is CCCCCCC1(Cn2ccnc2)SCCC(CCCC)S1. The summed E-state index contributed by atoms with van der Waals surface area (Å²) in [6.07, 6.45) is 18.4. The first-order valence-electron chi connectivity index (χ1n) is 9.05. The van der Waals surface area contributed by atoms with Crippen molar-refractivity contribution in [3.05, 3.63) is 18.7 Å². The average molecular weight is 341 g/mol. The number of unbranched alkanes of at least 4 members (excludes halogenated alkanes) is 4. The van der Waals surface area contributed by atoms with Gasteiger partial charge in [0.05, 0.1) is 10.4 Å². The highest BCUT2D eigenvalue weighted by molar-refractivity contribution is 8.19. The van der Waals surface area contributed by atoms with E-state index in [4.69, 9.17) is 0 Å². The molecule has 2 atom stereocenters. The molecule has 1 aromatic rings. The van der Waals surface area contributed by atoms with Gasteiger partial charge in [-0.25, -0.2) is 4.98 Å². The Labute approximate surface area is 145 Å². The topological polar surface area (TPSA) is 17.8 Å². The van der Waals surface area contributed by atoms with Crippen LogP contribution in [0.1, 0.15) is 71.6 Å². The molecule has 1 aromatic heterocycles. The van der Waals surface area contributed by atoms with Crippen LogP contribution < -0.4 is 0 Å². The van der Waals surface area contributed by atoms with Crippen molar-refractivity contribution in [2.45, 2.75) is 87.5 Å². The molecular weight excluding hydrogens is 308 g/mol. The molecule has 0 amide bonds. The van der Waals surface area contributed by atoms with Gasteiger partial charge in [-0.3, -0.25) is 0 Å². The summed E-state index contributed by atoms with van der Waals surface area (Å²) in [6, 6.07) is 0. The van der Waals surface area contributed by atoms with E-state index in [1.807, 2.05) is 12.5 Å². The first-order valence-corrected chi connectivity index (χ1v) is 10.9. The maximum absolute atomic E-state index is 4.24. The number of imidazole rings is 1. The van der Waals surface area contributed by atoms with Crippen molar-refractivity contribution < 1.29 is 0 Å². The summed E-state index contributed by atoms with van der Waals surface area (Å²) in [5.74, 6) is 1.34. The molecule has 1 saturated heterocycles. The number of aromatic nitrogens is 2. The fourth-order valence-corrected chi connectivity index (χ4v) is 7.18. The molecule has 0 N–H and O–H groups in total. The molecule has 0 saturated carbocycles. The molecule has 2 heterocycles. The summed E-state index contributed by atoms with van der Waals surface area (Å²) in [4.78, 5) is 4.24. The first kappa shape index (κ1) is 18.3. The van der Waals surface area contributed by atoms with Gasteiger partial charge in [-0.05, 0) is 25.0 Å². The smallest absolute Gasteiger partial charge is 0.0946 e. The van der Waals surface area contributed by atoms with Crippen LogP contribution in [-0.2, 0) is 6.54 Å². The van der Waals surface area contributed by atoms with Crippen LogP contribution >= 0.6 is 23.5 Å². The van der Waals surface area contributed by atoms with E-state index in [-0.39, 0.29) is 0 Å². The molecule has 0 spiro atoms. The maximum Gasteiger partial charge on any atom is 0.0946 e. The summed E-state index contributed by atoms with van der Waals surface area (Å²) in [7, 11) is 0. The third kappa shape index (κ3) is 5.84. The van der Waals surface area contributed by atoms with Crippen LogP contribution in [0.15, 0.2) is 18.7 Å². The highest BCUT2D eigenvalue weighted by Gasteiger charge is 2.37. The van der Waals surface area contributed by atoms with Crippen LogP contribution in [0.3, 0.4) is 0 Å². The fraction of sp³-hybridized carbons (Fsp3) is 0.833. The Balaban J connectivity index is 1.96. The normalized spacial score (nSPS) is 25.5. The zero-order chi connectivity index (χ0) is 15.7. The Morgan fingerprint density at radius 3 is 2.77 bits per heavy atom. The van der Waals surface area contributed by atoms with E-state index >= 15 is 0 Å². The largest absolute Gasteiger partial charge is 0.335 e. The molecule has 22 heavy (non-hydrogen) atoms. The molecule has 1 aliphatic heterocycles. The van der Waals surface area contributed by atoms with Crippen molar-refractivity contribution in [3.63, 3.8) is 0 Å². The molecule has 126 valence electrons. The van der Waals surface area contributed by atoms with Crippen LogP contribution in [-0.4, -0.2) is 24.6 Å². The zero-order valence-corrected chi connectivity index (χ0v) is 15.9. The second-order valence-corrected chi connectivity index (χ2v) is 9.90. The van der Waals surface area contributed by atoms with Gasteiger partial charge in [-0.15, -0.1) is 23.5 Å². The van der Waals surface area contributed by atoms with Gasteiger partial charge in [0.1, 0.15) is 0 Å². The van der Waals surface area contributed by atoms with Crippen molar-refractivity contribution in [2.75, 3.05) is 5.75 Å². The van der Waals surface area contributed by atoms with Crippen molar-refractivity contribution in [3.8, 4) is 0 Å². The molecular formula is C18H32N2S2. The van der Waals surface area contributed by atoms with E-state index in [1.165, 1.54) is 63.5 Å². The van der Waals surface area contributed by atoms with Gasteiger partial charge < -0.3 is 4.57 Å². The van der Waals surface area contributed by atoms with E-state index in [9.17, 15) is 0 Å². The lowest BCUT2D eigenvalue weighted by molar-refractivity contribution is 0.533. The van der Waals surface area contributed by atoms with Crippen LogP contribution in [0.5, 0.6) is 0 Å². The van der Waals surface area contributed by atoms with E-state index in [0.717, 1.165) is 11.8 Å². The van der Waals surface area contributed by atoms with Crippen LogP contribution in [0.25, 0.3) is 0 Å². The molecule has 0 radical (unpaired) electrons. The van der Waals surface area contributed by atoms with E-state index < -0.39 is 0 Å². The lowest BCUT2D eigenvalue weighted by Crippen LogP contribution is -2.33. The summed E-state index contributed by atoms with van der Waals surface area (Å²) < 4.78 is 2.67. The van der Waals surface area contributed by atoms with Gasteiger partial charge in [0.2, 0.25) is 0 Å². The van der Waals surface area contributed by atoms with Gasteiger partial charge in [-0.2, -0.15) is 0 Å². The van der Waals surface area contributed by atoms with Gasteiger partial charge in [0.15, 0.2) is 0 Å². The number of hydrogen-bond acceptors (Lipinski definition) is 3. The molecule has 0 bridgehead atoms. The monoisotopic (exact) mass is 340 g/mol. The van der Waals surface area contributed by atoms with Crippen molar-refractivity contribution in [1.29, 1.82) is 0 Å². The molecule has 4 heteroatoms. The van der Waals surface area contributed by atoms with E-state index in [0.29, 0.717) is 4.08 Å². The second kappa shape index (κ2) is 9.92. The van der Waals surface area contributed by atoms with Crippen LogP contribution in [0.2, 0.25) is 0 Å². The summed E-state index contributed by atoms with van der Waals surface area (Å²) in [5, 5.41) is 0.871. The van der Waals surface area contributed by atoms with Crippen LogP contribution in [0, 0.1) is 0 Å². The van der Waals surface area contributed by atoms with E-state index in [2.05, 4.69) is 53.1 Å². The predicted molar refractivity (Wildman–Crippen MR) is 102 cm³/mol. The van der Waals surface area contributed by atoms with Gasteiger partial charge in [0.25, 0.3) is 0 Å². The Morgan fingerprint density at radius 1 is 1.18 bits per heavy atom. The highest BCUT2D eigenvalue weighted by atomic mass is 32.2. The minimum atomic E-state index is 0.380. The van der Waals surface area contributed by atoms with Gasteiger partial charge in [-0.1, -0.05) is 52.4 Å². The second-order valence-electron chi connectivity index (χ2n) is 6.48. The molecule has 0 aliphatic carbocycles. The minimum Gasteiger partial charge on any atom is -0.335 e. The summed E-state index contributed by atoms with van der Waals surface area (Å²) in [6.45, 7) is 5.73. The maximum atomic E-state index is 4.24. The predicted octanol–water partition coefficient (Wildman–Crippen LogP) is 5.98. The first-order chi connectivity index (χ1) is 10.8. The zero-order valence-electron chi connectivity index (χ0n) is 14.3. The van der Waals surface area contributed by atoms with Crippen molar-refractivity contribution >= 4 is 23.5 Å². The summed E-state index contributed by atoms with van der Waals surface area (Å²) in [5.41, 5.74) is 0. The average Bonchev–Trinajstić information content (AvgIpc) is 3.03. The third-order valence-electron chi connectivity index (χ3n) is 4.46. The molecule has 1 fully saturated rings. The standard InChI is InChI=1S/C18H32N2S2/c1-3-5-7-8-11-18(15-20-13-12-19-16-20)21-14-10-17(22-18)9-6-4-2/h12-13,16-17H,3-11,14-15H2,1-2H3. The number of hydrogen-bond donors (Lipinski definition) is 0. The quantitative estimate of drug-likeness (QED) is 0.488. The molecule has 2 nitrogen and oxygen atoms in total. The van der Waals surface area contributed by atoms with Crippen LogP contribution in [0.4, 0.5) is 0 Å². The molecule has 2 unspecified atom stereocenters. The van der Waals surface area contributed by atoms with E-state index in [1.54, 1.807) is 0 Å². The fourth-order valence-electron chi connectivity index (χ4n) is 3.18. The molecule has 0 aromatic carbocycles. The van der Waals surface area contributed by atoms with Gasteiger partial charge in [0, 0.05) is 24.2 Å².